The van der Waals surface area contributed by atoms with Crippen molar-refractivity contribution in [2.75, 3.05) is 0 Å². The molecule has 1 aromatic carbocycles. The molecule has 2 aromatic rings. The number of carbonyl (C=O) groups is 2. The van der Waals surface area contributed by atoms with Crippen LogP contribution >= 0.6 is 11.3 Å². The molecule has 7 heteroatoms. The highest BCUT2D eigenvalue weighted by molar-refractivity contribution is 7.18. The first kappa shape index (κ1) is 18.6. The number of amides is 1. The number of nitrogens with zero attached hydrogens (tertiary/aromatic N) is 1. The summed E-state index contributed by atoms with van der Waals surface area (Å²) >= 11 is 1.69. The van der Waals surface area contributed by atoms with Gasteiger partial charge in [0, 0.05) is 5.92 Å². The maximum Gasteiger partial charge on any atom is 0.408 e. The van der Waals surface area contributed by atoms with Gasteiger partial charge in [-0.3, -0.25) is 0 Å². The lowest BCUT2D eigenvalue weighted by Gasteiger charge is -2.17. The zero-order valence-corrected chi connectivity index (χ0v) is 15.6. The number of ether oxygens (including phenoxy) is 1. The SMILES string of the molecule is CCCC[C@H](NC(=O)OC1CCC(c2nc3ccccc3s2)C1)C(=O)O. The predicted octanol–water partition coefficient (Wildman–Crippen LogP) is 4.30. The van der Waals surface area contributed by atoms with E-state index < -0.39 is 18.1 Å². The maximum absolute atomic E-state index is 12.1. The number of carbonyl (C=O) groups excluding carboxylic acids is 1. The lowest BCUT2D eigenvalue weighted by atomic mass is 10.1. The van der Waals surface area contributed by atoms with Crippen LogP contribution in [0.4, 0.5) is 4.79 Å². The van der Waals surface area contributed by atoms with Crippen LogP contribution in [0.25, 0.3) is 10.2 Å². The second-order valence-electron chi connectivity index (χ2n) is 6.73. The normalized spacial score (nSPS) is 20.8. The fourth-order valence-electron chi connectivity index (χ4n) is 3.33. The summed E-state index contributed by atoms with van der Waals surface area (Å²) in [6, 6.07) is 7.17. The summed E-state index contributed by atoms with van der Waals surface area (Å²) in [5.41, 5.74) is 1.01. The number of fused-ring (bicyclic) bond motifs is 1. The third-order valence-corrected chi connectivity index (χ3v) is 5.95. The van der Waals surface area contributed by atoms with Gasteiger partial charge in [-0.15, -0.1) is 11.3 Å². The number of aromatic nitrogens is 1. The Morgan fingerprint density at radius 1 is 1.38 bits per heavy atom. The van der Waals surface area contributed by atoms with E-state index in [0.717, 1.165) is 42.6 Å². The molecule has 0 saturated heterocycles. The average Bonchev–Trinajstić information content (AvgIpc) is 3.24. The average molecular weight is 376 g/mol. The first-order valence-corrected chi connectivity index (χ1v) is 9.94. The van der Waals surface area contributed by atoms with E-state index in [2.05, 4.69) is 11.4 Å². The predicted molar refractivity (Wildman–Crippen MR) is 101 cm³/mol. The highest BCUT2D eigenvalue weighted by atomic mass is 32.1. The van der Waals surface area contributed by atoms with E-state index in [4.69, 9.17) is 9.72 Å². The Labute approximate surface area is 156 Å². The third-order valence-electron chi connectivity index (χ3n) is 4.75. The van der Waals surface area contributed by atoms with Gasteiger partial charge in [0.15, 0.2) is 0 Å². The lowest BCUT2D eigenvalue weighted by molar-refractivity contribution is -0.139. The molecule has 3 atom stereocenters. The zero-order valence-electron chi connectivity index (χ0n) is 14.8. The van der Waals surface area contributed by atoms with Crippen LogP contribution in [0.1, 0.15) is 56.4 Å². The van der Waals surface area contributed by atoms with Gasteiger partial charge in [0.1, 0.15) is 12.1 Å². The van der Waals surface area contributed by atoms with Gasteiger partial charge in [-0.25, -0.2) is 14.6 Å². The van der Waals surface area contributed by atoms with Crippen LogP contribution in [0, 0.1) is 0 Å². The fraction of sp³-hybridized carbons (Fsp3) is 0.526. The van der Waals surface area contributed by atoms with Gasteiger partial charge in [0.2, 0.25) is 0 Å². The quantitative estimate of drug-likeness (QED) is 0.752. The van der Waals surface area contributed by atoms with Crippen LogP contribution < -0.4 is 5.32 Å². The number of para-hydroxylation sites is 1. The molecule has 2 unspecified atom stereocenters. The van der Waals surface area contributed by atoms with Crippen molar-refractivity contribution in [3.05, 3.63) is 29.3 Å². The Kier molecular flexibility index (Phi) is 6.08. The number of benzene rings is 1. The fourth-order valence-corrected chi connectivity index (χ4v) is 4.44. The number of hydrogen-bond acceptors (Lipinski definition) is 5. The summed E-state index contributed by atoms with van der Waals surface area (Å²) in [6.45, 7) is 1.98. The molecular formula is C19H24N2O4S. The standard InChI is InChI=1S/C19H24N2O4S/c1-2-3-6-15(18(22)23)21-19(24)25-13-10-9-12(11-13)17-20-14-7-4-5-8-16(14)26-17/h4-5,7-8,12-13,15H,2-3,6,9-11H2,1H3,(H,21,24)(H,22,23)/t12?,13?,15-/m0/s1. The molecule has 0 spiro atoms. The van der Waals surface area contributed by atoms with Crippen LogP contribution in [0.5, 0.6) is 0 Å². The highest BCUT2D eigenvalue weighted by Gasteiger charge is 2.31. The van der Waals surface area contributed by atoms with E-state index >= 15 is 0 Å². The number of alkyl carbamates (subject to hydrolysis) is 1. The minimum atomic E-state index is -1.02. The largest absolute Gasteiger partial charge is 0.480 e. The zero-order chi connectivity index (χ0) is 18.5. The van der Waals surface area contributed by atoms with Crippen LogP contribution in [0.2, 0.25) is 0 Å². The highest BCUT2D eigenvalue weighted by Crippen LogP contribution is 2.39. The van der Waals surface area contributed by atoms with Crippen molar-refractivity contribution in [2.24, 2.45) is 0 Å². The van der Waals surface area contributed by atoms with Crippen LogP contribution in [0.15, 0.2) is 24.3 Å². The Hall–Kier alpha value is -2.15. The van der Waals surface area contributed by atoms with Gasteiger partial charge in [-0.05, 0) is 37.8 Å². The minimum Gasteiger partial charge on any atom is -0.480 e. The Morgan fingerprint density at radius 3 is 2.92 bits per heavy atom. The first-order valence-electron chi connectivity index (χ1n) is 9.12. The van der Waals surface area contributed by atoms with Gasteiger partial charge in [-0.1, -0.05) is 31.9 Å². The van der Waals surface area contributed by atoms with E-state index in [1.807, 2.05) is 25.1 Å². The molecule has 3 rings (SSSR count). The Bertz CT molecular complexity index is 743. The number of hydrogen-bond donors (Lipinski definition) is 2. The van der Waals surface area contributed by atoms with E-state index in [0.29, 0.717) is 12.3 Å². The molecule has 1 aromatic heterocycles. The van der Waals surface area contributed by atoms with Gasteiger partial charge < -0.3 is 15.2 Å². The molecule has 1 aliphatic rings. The van der Waals surface area contributed by atoms with Gasteiger partial charge in [0.25, 0.3) is 0 Å². The molecule has 1 amide bonds. The molecule has 1 fully saturated rings. The minimum absolute atomic E-state index is 0.187. The summed E-state index contributed by atoms with van der Waals surface area (Å²) < 4.78 is 6.63. The number of aliphatic carboxylic acids is 1. The van der Waals surface area contributed by atoms with E-state index in [1.165, 1.54) is 4.70 Å². The van der Waals surface area contributed by atoms with Crippen LogP contribution in [-0.2, 0) is 9.53 Å². The van der Waals surface area contributed by atoms with Crippen molar-refractivity contribution < 1.29 is 19.4 Å². The Morgan fingerprint density at radius 2 is 2.19 bits per heavy atom. The molecular weight excluding hydrogens is 352 g/mol. The molecule has 0 radical (unpaired) electrons. The van der Waals surface area contributed by atoms with Gasteiger partial charge >= 0.3 is 12.1 Å². The monoisotopic (exact) mass is 376 g/mol. The number of carboxylic acids is 1. The molecule has 6 nitrogen and oxygen atoms in total. The summed E-state index contributed by atoms with van der Waals surface area (Å²) in [4.78, 5) is 28.0. The molecule has 1 saturated carbocycles. The number of unbranched alkanes of at least 4 members (excludes halogenated alkanes) is 1. The molecule has 1 heterocycles. The summed E-state index contributed by atoms with van der Waals surface area (Å²) in [7, 11) is 0. The lowest BCUT2D eigenvalue weighted by Crippen LogP contribution is -2.42. The van der Waals surface area contributed by atoms with E-state index in [-0.39, 0.29) is 6.10 Å². The number of nitrogens with one attached hydrogen (secondary N) is 1. The topological polar surface area (TPSA) is 88.5 Å². The molecule has 1 aliphatic carbocycles. The molecule has 0 bridgehead atoms. The van der Waals surface area contributed by atoms with Crippen LogP contribution in [-0.4, -0.2) is 34.3 Å². The first-order chi connectivity index (χ1) is 12.6. The summed E-state index contributed by atoms with van der Waals surface area (Å²) in [5, 5.41) is 12.8. The van der Waals surface area contributed by atoms with E-state index in [1.54, 1.807) is 11.3 Å². The third kappa shape index (κ3) is 4.52. The van der Waals surface area contributed by atoms with Crippen molar-refractivity contribution in [3.8, 4) is 0 Å². The number of carboxylic acid groups (broad SMARTS) is 1. The van der Waals surface area contributed by atoms with Crippen molar-refractivity contribution in [1.82, 2.24) is 10.3 Å². The Balaban J connectivity index is 1.53. The second-order valence-corrected chi connectivity index (χ2v) is 7.80. The molecule has 0 aliphatic heterocycles. The maximum atomic E-state index is 12.1. The van der Waals surface area contributed by atoms with Gasteiger partial charge in [-0.2, -0.15) is 0 Å². The number of rotatable bonds is 7. The van der Waals surface area contributed by atoms with Crippen molar-refractivity contribution in [2.45, 2.75) is 63.5 Å². The molecule has 2 N–H and O–H groups in total. The second kappa shape index (κ2) is 8.49. The summed E-state index contributed by atoms with van der Waals surface area (Å²) in [6.07, 6.45) is 3.67. The smallest absolute Gasteiger partial charge is 0.408 e. The summed E-state index contributed by atoms with van der Waals surface area (Å²) in [5.74, 6) is -0.727. The van der Waals surface area contributed by atoms with E-state index in [9.17, 15) is 14.7 Å². The molecule has 26 heavy (non-hydrogen) atoms. The van der Waals surface area contributed by atoms with Crippen LogP contribution in [0.3, 0.4) is 0 Å². The number of thiazole rings is 1. The van der Waals surface area contributed by atoms with Crippen molar-refractivity contribution in [3.63, 3.8) is 0 Å². The molecule has 140 valence electrons. The van der Waals surface area contributed by atoms with Crippen molar-refractivity contribution >= 4 is 33.6 Å². The van der Waals surface area contributed by atoms with Gasteiger partial charge in [0.05, 0.1) is 15.2 Å². The van der Waals surface area contributed by atoms with Crippen molar-refractivity contribution in [1.29, 1.82) is 0 Å².